The highest BCUT2D eigenvalue weighted by Gasteiger charge is 2.24. The molecule has 3 aromatic rings. The molecule has 2 heterocycles. The molecule has 0 spiro atoms. The van der Waals surface area contributed by atoms with Crippen molar-refractivity contribution in [2.24, 2.45) is 7.05 Å². The molecule has 138 valence electrons. The highest BCUT2D eigenvalue weighted by molar-refractivity contribution is 6.06. The largest absolute Gasteiger partial charge is 0.368 e. The zero-order valence-corrected chi connectivity index (χ0v) is 15.1. The Balaban J connectivity index is 1.57. The molecule has 1 aliphatic heterocycles. The minimum atomic E-state index is -0.255. The van der Waals surface area contributed by atoms with Crippen molar-refractivity contribution in [3.05, 3.63) is 76.5 Å². The summed E-state index contributed by atoms with van der Waals surface area (Å²) < 4.78 is 14.6. The smallest absolute Gasteiger partial charge is 0.258 e. The minimum Gasteiger partial charge on any atom is -0.368 e. The first kappa shape index (κ1) is 17.3. The van der Waals surface area contributed by atoms with Crippen LogP contribution >= 0.6 is 0 Å². The van der Waals surface area contributed by atoms with Gasteiger partial charge in [-0.2, -0.15) is 0 Å². The fourth-order valence-corrected chi connectivity index (χ4v) is 3.58. The van der Waals surface area contributed by atoms with Gasteiger partial charge in [0.15, 0.2) is 0 Å². The Labute approximate surface area is 156 Å². The highest BCUT2D eigenvalue weighted by Crippen LogP contribution is 2.20. The number of nitrogens with zero attached hydrogens (tertiary/aromatic N) is 3. The Morgan fingerprint density at radius 2 is 1.56 bits per heavy atom. The topological polar surface area (TPSA) is 45.6 Å². The van der Waals surface area contributed by atoms with E-state index in [9.17, 15) is 14.0 Å². The Bertz CT molecular complexity index is 1050. The molecule has 0 atom stereocenters. The highest BCUT2D eigenvalue weighted by atomic mass is 19.1. The van der Waals surface area contributed by atoms with Crippen LogP contribution in [0.15, 0.2) is 59.5 Å². The average molecular weight is 365 g/mol. The second-order valence-electron chi connectivity index (χ2n) is 6.76. The molecule has 6 heteroatoms. The number of carbonyl (C=O) groups is 1. The van der Waals surface area contributed by atoms with E-state index in [0.717, 1.165) is 5.69 Å². The first-order valence-electron chi connectivity index (χ1n) is 8.93. The normalized spacial score (nSPS) is 14.6. The summed E-state index contributed by atoms with van der Waals surface area (Å²) in [5.74, 6) is -0.324. The van der Waals surface area contributed by atoms with Crippen molar-refractivity contribution in [2.75, 3.05) is 31.1 Å². The second-order valence-corrected chi connectivity index (χ2v) is 6.76. The van der Waals surface area contributed by atoms with Crippen LogP contribution in [-0.2, 0) is 7.05 Å². The number of rotatable bonds is 2. The van der Waals surface area contributed by atoms with Gasteiger partial charge >= 0.3 is 0 Å². The lowest BCUT2D eigenvalue weighted by atomic mass is 10.1. The van der Waals surface area contributed by atoms with Gasteiger partial charge in [-0.3, -0.25) is 9.59 Å². The van der Waals surface area contributed by atoms with Crippen LogP contribution in [0.5, 0.6) is 0 Å². The van der Waals surface area contributed by atoms with Gasteiger partial charge in [-0.05, 0) is 30.3 Å². The summed E-state index contributed by atoms with van der Waals surface area (Å²) >= 11 is 0. The molecule has 1 aliphatic rings. The Kier molecular flexibility index (Phi) is 4.39. The average Bonchev–Trinajstić information content (AvgIpc) is 2.71. The maximum absolute atomic E-state index is 13.1. The lowest BCUT2D eigenvalue weighted by Crippen LogP contribution is -2.49. The molecule has 5 nitrogen and oxygen atoms in total. The van der Waals surface area contributed by atoms with E-state index < -0.39 is 0 Å². The van der Waals surface area contributed by atoms with Gasteiger partial charge < -0.3 is 14.4 Å². The number of pyridine rings is 1. The van der Waals surface area contributed by atoms with Crippen molar-refractivity contribution in [1.29, 1.82) is 0 Å². The monoisotopic (exact) mass is 365 g/mol. The molecule has 0 saturated carbocycles. The molecule has 1 aromatic heterocycles. The fraction of sp³-hybridized carbons (Fsp3) is 0.238. The number of piperazine rings is 1. The second kappa shape index (κ2) is 6.87. The van der Waals surface area contributed by atoms with Crippen LogP contribution in [-0.4, -0.2) is 41.6 Å². The first-order valence-corrected chi connectivity index (χ1v) is 8.93. The molecular formula is C21H20FN3O2. The third kappa shape index (κ3) is 3.18. The standard InChI is InChI=1S/C21H20FN3O2/c1-23-14-19(17-4-2-3-5-18(17)20(23)26)21(27)25-12-10-24(11-13-25)16-8-6-15(22)7-9-16/h2-9,14H,10-13H2,1H3. The lowest BCUT2D eigenvalue weighted by Gasteiger charge is -2.36. The maximum Gasteiger partial charge on any atom is 0.258 e. The van der Waals surface area contributed by atoms with Gasteiger partial charge in [0.25, 0.3) is 11.5 Å². The number of hydrogen-bond acceptors (Lipinski definition) is 3. The molecule has 0 aliphatic carbocycles. The van der Waals surface area contributed by atoms with Crippen molar-refractivity contribution < 1.29 is 9.18 Å². The summed E-state index contributed by atoms with van der Waals surface area (Å²) in [7, 11) is 1.66. The van der Waals surface area contributed by atoms with Gasteiger partial charge in [-0.15, -0.1) is 0 Å². The van der Waals surface area contributed by atoms with Crippen molar-refractivity contribution in [3.63, 3.8) is 0 Å². The molecule has 0 N–H and O–H groups in total. The number of anilines is 1. The van der Waals surface area contributed by atoms with Crippen LogP contribution in [0.3, 0.4) is 0 Å². The van der Waals surface area contributed by atoms with Crippen LogP contribution < -0.4 is 10.5 Å². The summed E-state index contributed by atoms with van der Waals surface area (Å²) in [6.07, 6.45) is 1.62. The van der Waals surface area contributed by atoms with Crippen LogP contribution in [0.4, 0.5) is 10.1 Å². The summed E-state index contributed by atoms with van der Waals surface area (Å²) in [5, 5.41) is 1.24. The number of aromatic nitrogens is 1. The van der Waals surface area contributed by atoms with E-state index in [0.29, 0.717) is 42.5 Å². The Hall–Kier alpha value is -3.15. The summed E-state index contributed by atoms with van der Waals surface area (Å²) in [6.45, 7) is 2.52. The third-order valence-corrected chi connectivity index (χ3v) is 5.08. The van der Waals surface area contributed by atoms with Crippen molar-refractivity contribution >= 4 is 22.4 Å². The van der Waals surface area contributed by atoms with E-state index in [4.69, 9.17) is 0 Å². The zero-order chi connectivity index (χ0) is 19.0. The molecule has 1 amide bonds. The van der Waals surface area contributed by atoms with Gasteiger partial charge in [0, 0.05) is 55.9 Å². The summed E-state index contributed by atoms with van der Waals surface area (Å²) in [6, 6.07) is 13.6. The predicted molar refractivity (Wildman–Crippen MR) is 104 cm³/mol. The number of hydrogen-bond donors (Lipinski definition) is 0. The van der Waals surface area contributed by atoms with Crippen molar-refractivity contribution in [1.82, 2.24) is 9.47 Å². The Morgan fingerprint density at radius 3 is 2.22 bits per heavy atom. The van der Waals surface area contributed by atoms with Gasteiger partial charge in [-0.25, -0.2) is 4.39 Å². The van der Waals surface area contributed by atoms with Gasteiger partial charge in [0.05, 0.1) is 5.56 Å². The number of amides is 1. The zero-order valence-electron chi connectivity index (χ0n) is 15.1. The number of aryl methyl sites for hydroxylation is 1. The Morgan fingerprint density at radius 1 is 0.926 bits per heavy atom. The molecule has 1 saturated heterocycles. The maximum atomic E-state index is 13.1. The van der Waals surface area contributed by atoms with E-state index >= 15 is 0 Å². The van der Waals surface area contributed by atoms with E-state index in [1.54, 1.807) is 37.5 Å². The molecule has 0 unspecified atom stereocenters. The number of fused-ring (bicyclic) bond motifs is 1. The van der Waals surface area contributed by atoms with Crippen molar-refractivity contribution in [3.8, 4) is 0 Å². The quantitative estimate of drug-likeness (QED) is 0.701. The number of carbonyl (C=O) groups excluding carboxylic acids is 1. The lowest BCUT2D eigenvalue weighted by molar-refractivity contribution is 0.0748. The van der Waals surface area contributed by atoms with E-state index in [-0.39, 0.29) is 17.3 Å². The van der Waals surface area contributed by atoms with Crippen LogP contribution in [0, 0.1) is 5.82 Å². The predicted octanol–water partition coefficient (Wildman–Crippen LogP) is 2.64. The summed E-state index contributed by atoms with van der Waals surface area (Å²) in [5.41, 5.74) is 1.39. The molecule has 0 bridgehead atoms. The molecular weight excluding hydrogens is 345 g/mol. The van der Waals surface area contributed by atoms with Gasteiger partial charge in [0.2, 0.25) is 0 Å². The molecule has 4 rings (SSSR count). The molecule has 1 fully saturated rings. The van der Waals surface area contributed by atoms with E-state index in [1.165, 1.54) is 16.7 Å². The van der Waals surface area contributed by atoms with Crippen molar-refractivity contribution in [2.45, 2.75) is 0 Å². The van der Waals surface area contributed by atoms with Crippen LogP contribution in [0.1, 0.15) is 10.4 Å². The first-order chi connectivity index (χ1) is 13.0. The van der Waals surface area contributed by atoms with Crippen LogP contribution in [0.2, 0.25) is 0 Å². The molecule has 0 radical (unpaired) electrons. The SMILES string of the molecule is Cn1cc(C(=O)N2CCN(c3ccc(F)cc3)CC2)c2ccccc2c1=O. The minimum absolute atomic E-state index is 0.0689. The number of halogens is 1. The van der Waals surface area contributed by atoms with E-state index in [1.807, 2.05) is 17.0 Å². The molecule has 2 aromatic carbocycles. The number of benzene rings is 2. The molecule has 27 heavy (non-hydrogen) atoms. The van der Waals surface area contributed by atoms with Crippen LogP contribution in [0.25, 0.3) is 10.8 Å². The summed E-state index contributed by atoms with van der Waals surface area (Å²) in [4.78, 5) is 29.4. The fourth-order valence-electron chi connectivity index (χ4n) is 3.58. The van der Waals surface area contributed by atoms with E-state index in [2.05, 4.69) is 4.90 Å². The third-order valence-electron chi connectivity index (χ3n) is 5.08. The van der Waals surface area contributed by atoms with Gasteiger partial charge in [0.1, 0.15) is 5.82 Å². The van der Waals surface area contributed by atoms with Gasteiger partial charge in [-0.1, -0.05) is 18.2 Å².